The van der Waals surface area contributed by atoms with Crippen LogP contribution >= 0.6 is 0 Å². The number of rotatable bonds is 3. The molecule has 3 rings (SSSR count). The Kier molecular flexibility index (Phi) is 2.67. The van der Waals surface area contributed by atoms with Gasteiger partial charge in [0.1, 0.15) is 0 Å². The molecule has 0 atom stereocenters. The zero-order chi connectivity index (χ0) is 13.2. The van der Waals surface area contributed by atoms with Crippen LogP contribution in [-0.4, -0.2) is 48.6 Å². The molecular weight excluding hydrogens is 244 g/mol. The molecule has 96 valence electrons. The maximum absolute atomic E-state index is 4.35. The first-order chi connectivity index (χ1) is 9.24. The average molecular weight is 256 g/mol. The van der Waals surface area contributed by atoms with Crippen molar-refractivity contribution in [2.45, 2.75) is 0 Å². The Morgan fingerprint density at radius 2 is 1.37 bits per heavy atom. The van der Waals surface area contributed by atoms with Crippen molar-refractivity contribution in [1.29, 1.82) is 0 Å². The second-order valence-electron chi connectivity index (χ2n) is 4.03. The van der Waals surface area contributed by atoms with Crippen molar-refractivity contribution in [2.24, 2.45) is 0 Å². The summed E-state index contributed by atoms with van der Waals surface area (Å²) in [5.41, 5.74) is 0. The molecule has 0 saturated heterocycles. The molecule has 0 amide bonds. The lowest BCUT2D eigenvalue weighted by Gasteiger charge is -2.12. The standard InChI is InChI=1S/C11H12N8/c1-17(2)9-14-10(18-7-3-5-12-18)16-11(15-9)19-8-4-6-13-19/h3-8H,1-2H3. The van der Waals surface area contributed by atoms with Gasteiger partial charge in [0.05, 0.1) is 0 Å². The third-order valence-corrected chi connectivity index (χ3v) is 2.42. The van der Waals surface area contributed by atoms with E-state index in [1.165, 1.54) is 0 Å². The van der Waals surface area contributed by atoms with Gasteiger partial charge in [-0.05, 0) is 12.1 Å². The highest BCUT2D eigenvalue weighted by Crippen LogP contribution is 2.09. The van der Waals surface area contributed by atoms with Crippen LogP contribution in [0.4, 0.5) is 5.95 Å². The Bertz CT molecular complexity index is 604. The molecule has 0 unspecified atom stereocenters. The molecule has 19 heavy (non-hydrogen) atoms. The van der Waals surface area contributed by atoms with Gasteiger partial charge in [0.25, 0.3) is 11.9 Å². The molecule has 0 spiro atoms. The second kappa shape index (κ2) is 4.48. The van der Waals surface area contributed by atoms with Crippen LogP contribution in [0.15, 0.2) is 36.9 Å². The minimum Gasteiger partial charge on any atom is -0.347 e. The third-order valence-electron chi connectivity index (χ3n) is 2.42. The van der Waals surface area contributed by atoms with Crippen LogP contribution in [0.2, 0.25) is 0 Å². The van der Waals surface area contributed by atoms with Crippen molar-refractivity contribution in [2.75, 3.05) is 19.0 Å². The predicted octanol–water partition coefficient (Wildman–Crippen LogP) is 0.309. The van der Waals surface area contributed by atoms with E-state index in [1.54, 1.807) is 34.2 Å². The molecule has 0 aliphatic rings. The summed E-state index contributed by atoms with van der Waals surface area (Å²) in [5.74, 6) is 1.45. The van der Waals surface area contributed by atoms with E-state index in [-0.39, 0.29) is 0 Å². The van der Waals surface area contributed by atoms with Crippen molar-refractivity contribution in [3.63, 3.8) is 0 Å². The highest BCUT2D eigenvalue weighted by atomic mass is 15.4. The molecule has 0 fully saturated rings. The average Bonchev–Trinajstić information content (AvgIpc) is 3.11. The fourth-order valence-corrected chi connectivity index (χ4v) is 1.52. The zero-order valence-electron chi connectivity index (χ0n) is 10.5. The fraction of sp³-hybridized carbons (Fsp3) is 0.182. The third kappa shape index (κ3) is 2.15. The van der Waals surface area contributed by atoms with Gasteiger partial charge in [-0.15, -0.1) is 0 Å². The number of nitrogens with zero attached hydrogens (tertiary/aromatic N) is 8. The van der Waals surface area contributed by atoms with E-state index in [4.69, 9.17) is 0 Å². The Hall–Kier alpha value is -2.77. The maximum Gasteiger partial charge on any atom is 0.257 e. The smallest absolute Gasteiger partial charge is 0.257 e. The lowest BCUT2D eigenvalue weighted by Crippen LogP contribution is -2.18. The van der Waals surface area contributed by atoms with Gasteiger partial charge in [0.15, 0.2) is 0 Å². The molecule has 0 bridgehead atoms. The van der Waals surface area contributed by atoms with Crippen molar-refractivity contribution in [1.82, 2.24) is 34.5 Å². The molecular formula is C11H12N8. The monoisotopic (exact) mass is 256 g/mol. The van der Waals surface area contributed by atoms with Gasteiger partial charge in [-0.1, -0.05) is 0 Å². The summed E-state index contributed by atoms with van der Waals surface area (Å²) in [6.07, 6.45) is 6.91. The van der Waals surface area contributed by atoms with E-state index in [0.29, 0.717) is 17.8 Å². The SMILES string of the molecule is CN(C)c1nc(-n2cccn2)nc(-n2cccn2)n1. The summed E-state index contributed by atoms with van der Waals surface area (Å²) < 4.78 is 3.17. The first-order valence-corrected chi connectivity index (χ1v) is 5.67. The van der Waals surface area contributed by atoms with Crippen LogP contribution in [0.5, 0.6) is 0 Å². The van der Waals surface area contributed by atoms with E-state index in [9.17, 15) is 0 Å². The molecule has 8 nitrogen and oxygen atoms in total. The Morgan fingerprint density at radius 1 is 0.842 bits per heavy atom. The summed E-state index contributed by atoms with van der Waals surface area (Å²) >= 11 is 0. The highest BCUT2D eigenvalue weighted by molar-refractivity contribution is 5.33. The van der Waals surface area contributed by atoms with Gasteiger partial charge in [0.2, 0.25) is 5.95 Å². The van der Waals surface area contributed by atoms with Gasteiger partial charge in [-0.3, -0.25) is 0 Å². The number of hydrogen-bond donors (Lipinski definition) is 0. The van der Waals surface area contributed by atoms with E-state index in [1.807, 2.05) is 31.1 Å². The normalized spacial score (nSPS) is 10.6. The second-order valence-corrected chi connectivity index (χ2v) is 4.03. The molecule has 0 saturated carbocycles. The minimum absolute atomic E-state index is 0.453. The molecule has 3 aromatic heterocycles. The van der Waals surface area contributed by atoms with Gasteiger partial charge in [0, 0.05) is 38.9 Å². The molecule has 0 aliphatic carbocycles. The summed E-state index contributed by atoms with van der Waals surface area (Å²) in [4.78, 5) is 14.9. The van der Waals surface area contributed by atoms with Crippen LogP contribution in [0.1, 0.15) is 0 Å². The van der Waals surface area contributed by atoms with Gasteiger partial charge in [-0.25, -0.2) is 9.36 Å². The van der Waals surface area contributed by atoms with Crippen molar-refractivity contribution >= 4 is 5.95 Å². The summed E-state index contributed by atoms with van der Waals surface area (Å²) in [6, 6.07) is 3.62. The first-order valence-electron chi connectivity index (χ1n) is 5.67. The fourth-order valence-electron chi connectivity index (χ4n) is 1.52. The Balaban J connectivity index is 2.15. The number of anilines is 1. The summed E-state index contributed by atoms with van der Waals surface area (Å²) in [7, 11) is 3.74. The lowest BCUT2D eigenvalue weighted by molar-refractivity contribution is 0.738. The minimum atomic E-state index is 0.453. The van der Waals surface area contributed by atoms with Crippen molar-refractivity contribution in [3.8, 4) is 11.9 Å². The van der Waals surface area contributed by atoms with Gasteiger partial charge in [-0.2, -0.15) is 25.1 Å². The maximum atomic E-state index is 4.35. The zero-order valence-corrected chi connectivity index (χ0v) is 10.5. The van der Waals surface area contributed by atoms with Crippen LogP contribution in [0.25, 0.3) is 11.9 Å². The molecule has 0 radical (unpaired) electrons. The van der Waals surface area contributed by atoms with Crippen molar-refractivity contribution in [3.05, 3.63) is 36.9 Å². The molecule has 0 aliphatic heterocycles. The van der Waals surface area contributed by atoms with E-state index >= 15 is 0 Å². The largest absolute Gasteiger partial charge is 0.347 e. The van der Waals surface area contributed by atoms with Gasteiger partial charge >= 0.3 is 0 Å². The molecule has 0 aromatic carbocycles. The predicted molar refractivity (Wildman–Crippen MR) is 68.4 cm³/mol. The van der Waals surface area contributed by atoms with Crippen LogP contribution in [0.3, 0.4) is 0 Å². The van der Waals surface area contributed by atoms with Crippen LogP contribution in [0, 0.1) is 0 Å². The van der Waals surface area contributed by atoms with Crippen molar-refractivity contribution < 1.29 is 0 Å². The Labute approximate surface area is 109 Å². The van der Waals surface area contributed by atoms with E-state index in [2.05, 4.69) is 25.1 Å². The topological polar surface area (TPSA) is 77.5 Å². The lowest BCUT2D eigenvalue weighted by atomic mass is 10.7. The molecule has 3 aromatic rings. The highest BCUT2D eigenvalue weighted by Gasteiger charge is 2.11. The van der Waals surface area contributed by atoms with E-state index in [0.717, 1.165) is 0 Å². The summed E-state index contributed by atoms with van der Waals surface area (Å²) in [6.45, 7) is 0. The molecule has 3 heterocycles. The first kappa shape index (κ1) is 11.3. The number of hydrogen-bond acceptors (Lipinski definition) is 6. The van der Waals surface area contributed by atoms with Gasteiger partial charge < -0.3 is 4.90 Å². The molecule has 0 N–H and O–H groups in total. The number of aromatic nitrogens is 7. The Morgan fingerprint density at radius 3 is 1.74 bits per heavy atom. The van der Waals surface area contributed by atoms with E-state index < -0.39 is 0 Å². The van der Waals surface area contributed by atoms with Crippen LogP contribution in [-0.2, 0) is 0 Å². The quantitative estimate of drug-likeness (QED) is 0.671. The van der Waals surface area contributed by atoms with Crippen LogP contribution < -0.4 is 4.90 Å². The summed E-state index contributed by atoms with van der Waals surface area (Å²) in [5, 5.41) is 8.25. The molecule has 8 heteroatoms.